The Hall–Kier alpha value is -1.96. The van der Waals surface area contributed by atoms with Gasteiger partial charge in [-0.1, -0.05) is 0 Å². The van der Waals surface area contributed by atoms with Crippen LogP contribution in [0, 0.1) is 17.2 Å². The topological polar surface area (TPSA) is 69.9 Å². The summed E-state index contributed by atoms with van der Waals surface area (Å²) in [6.07, 6.45) is 2.88. The molecule has 1 rings (SSSR count). The van der Waals surface area contributed by atoms with Gasteiger partial charge in [-0.05, 0) is 13.0 Å². The second-order valence-electron chi connectivity index (χ2n) is 3.35. The van der Waals surface area contributed by atoms with Crippen LogP contribution in [0.4, 0.5) is 0 Å². The summed E-state index contributed by atoms with van der Waals surface area (Å²) in [5.41, 5.74) is 0.484. The normalized spacial score (nSPS) is 11.5. The molecule has 0 radical (unpaired) electrons. The van der Waals surface area contributed by atoms with Gasteiger partial charge in [0.15, 0.2) is 0 Å². The predicted molar refractivity (Wildman–Crippen MR) is 53.8 cm³/mol. The number of carbonyl (C=O) groups excluding carboxylic acids is 1. The molecule has 1 unspecified atom stereocenters. The molecule has 78 valence electrons. The van der Waals surface area contributed by atoms with Crippen LogP contribution in [0.2, 0.25) is 0 Å². The third kappa shape index (κ3) is 3.02. The lowest BCUT2D eigenvalue weighted by Crippen LogP contribution is -2.30. The van der Waals surface area contributed by atoms with Gasteiger partial charge in [0.1, 0.15) is 0 Å². The highest BCUT2D eigenvalue weighted by Gasteiger charge is 2.13. The third-order valence-corrected chi connectivity index (χ3v) is 1.95. The Labute approximate surface area is 88.3 Å². The van der Waals surface area contributed by atoms with Crippen LogP contribution in [-0.4, -0.2) is 34.6 Å². The summed E-state index contributed by atoms with van der Waals surface area (Å²) >= 11 is 0. The summed E-state index contributed by atoms with van der Waals surface area (Å²) in [5, 5.41) is 15.8. The van der Waals surface area contributed by atoms with Crippen molar-refractivity contribution in [3.8, 4) is 6.07 Å². The van der Waals surface area contributed by atoms with Crippen LogP contribution in [0.15, 0.2) is 18.5 Å². The summed E-state index contributed by atoms with van der Waals surface area (Å²) in [5.74, 6) is -0.319. The molecule has 0 aliphatic carbocycles. The number of nitriles is 1. The van der Waals surface area contributed by atoms with Crippen LogP contribution < -0.4 is 0 Å². The first kappa shape index (κ1) is 11.1. The van der Waals surface area contributed by atoms with Crippen LogP contribution in [0.25, 0.3) is 0 Å². The summed E-state index contributed by atoms with van der Waals surface area (Å²) in [6.45, 7) is 2.19. The predicted octanol–water partition coefficient (Wildman–Crippen LogP) is 0.708. The monoisotopic (exact) mass is 204 g/mol. The second-order valence-corrected chi connectivity index (χ2v) is 3.35. The molecule has 0 spiro atoms. The molecule has 0 aromatic carbocycles. The molecule has 5 heteroatoms. The van der Waals surface area contributed by atoms with Crippen molar-refractivity contribution < 1.29 is 4.79 Å². The molecule has 0 bridgehead atoms. The number of carbonyl (C=O) groups is 1. The molecule has 0 saturated heterocycles. The van der Waals surface area contributed by atoms with Gasteiger partial charge in [-0.15, -0.1) is 0 Å². The van der Waals surface area contributed by atoms with Crippen molar-refractivity contribution >= 4 is 5.91 Å². The van der Waals surface area contributed by atoms with Crippen molar-refractivity contribution in [1.82, 2.24) is 15.1 Å². The van der Waals surface area contributed by atoms with Gasteiger partial charge >= 0.3 is 0 Å². The van der Waals surface area contributed by atoms with Crippen molar-refractivity contribution in [3.05, 3.63) is 24.0 Å². The third-order valence-electron chi connectivity index (χ3n) is 1.95. The summed E-state index contributed by atoms with van der Waals surface area (Å²) in [7, 11) is 1.66. The van der Waals surface area contributed by atoms with Crippen LogP contribution in [-0.2, 0) is 0 Å². The van der Waals surface area contributed by atoms with Gasteiger partial charge in [0.25, 0.3) is 5.91 Å². The van der Waals surface area contributed by atoms with Crippen LogP contribution >= 0.6 is 0 Å². The quantitative estimate of drug-likeness (QED) is 0.727. The highest BCUT2D eigenvalue weighted by molar-refractivity contribution is 5.93. The van der Waals surface area contributed by atoms with E-state index in [-0.39, 0.29) is 11.8 Å². The second kappa shape index (κ2) is 5.05. The van der Waals surface area contributed by atoms with Gasteiger partial charge in [0, 0.05) is 13.6 Å². The minimum Gasteiger partial charge on any atom is -0.340 e. The van der Waals surface area contributed by atoms with Crippen molar-refractivity contribution in [2.24, 2.45) is 5.92 Å². The number of hydrogen-bond donors (Lipinski definition) is 0. The molecule has 0 N–H and O–H groups in total. The van der Waals surface area contributed by atoms with E-state index in [0.717, 1.165) is 0 Å². The highest BCUT2D eigenvalue weighted by Crippen LogP contribution is 2.03. The van der Waals surface area contributed by atoms with Gasteiger partial charge < -0.3 is 4.90 Å². The molecule has 1 aromatic heterocycles. The Morgan fingerprint density at radius 3 is 2.93 bits per heavy atom. The molecule has 0 aliphatic rings. The fourth-order valence-electron chi connectivity index (χ4n) is 1.17. The maximum absolute atomic E-state index is 11.7. The maximum atomic E-state index is 11.7. The molecule has 1 heterocycles. The van der Waals surface area contributed by atoms with Gasteiger partial charge in [-0.3, -0.25) is 4.79 Å². The van der Waals surface area contributed by atoms with E-state index >= 15 is 0 Å². The first-order valence-corrected chi connectivity index (χ1v) is 4.57. The highest BCUT2D eigenvalue weighted by atomic mass is 16.2. The van der Waals surface area contributed by atoms with Crippen molar-refractivity contribution in [2.75, 3.05) is 13.6 Å². The summed E-state index contributed by atoms with van der Waals surface area (Å²) in [6, 6.07) is 3.68. The fraction of sp³-hybridized carbons (Fsp3) is 0.400. The molecule has 1 atom stereocenters. The minimum atomic E-state index is -0.172. The largest absolute Gasteiger partial charge is 0.340 e. The Morgan fingerprint density at radius 2 is 2.40 bits per heavy atom. The van der Waals surface area contributed by atoms with Crippen LogP contribution in [0.1, 0.15) is 17.3 Å². The van der Waals surface area contributed by atoms with E-state index in [1.165, 1.54) is 17.3 Å². The van der Waals surface area contributed by atoms with Crippen molar-refractivity contribution in [1.29, 1.82) is 5.26 Å². The fourth-order valence-corrected chi connectivity index (χ4v) is 1.17. The van der Waals surface area contributed by atoms with Gasteiger partial charge in [-0.2, -0.15) is 15.5 Å². The van der Waals surface area contributed by atoms with E-state index in [1.807, 2.05) is 0 Å². The van der Waals surface area contributed by atoms with Gasteiger partial charge in [-0.25, -0.2) is 0 Å². The molecule has 0 fully saturated rings. The lowest BCUT2D eigenvalue weighted by atomic mass is 10.2. The van der Waals surface area contributed by atoms with Crippen LogP contribution in [0.5, 0.6) is 0 Å². The van der Waals surface area contributed by atoms with E-state index < -0.39 is 0 Å². The molecule has 1 amide bonds. The van der Waals surface area contributed by atoms with E-state index in [1.54, 1.807) is 20.0 Å². The average molecular weight is 204 g/mol. The Bertz CT molecular complexity index is 371. The van der Waals surface area contributed by atoms with Crippen molar-refractivity contribution in [2.45, 2.75) is 6.92 Å². The van der Waals surface area contributed by atoms with Crippen molar-refractivity contribution in [3.63, 3.8) is 0 Å². The zero-order valence-electron chi connectivity index (χ0n) is 8.71. The average Bonchev–Trinajstić information content (AvgIpc) is 2.29. The number of hydrogen-bond acceptors (Lipinski definition) is 4. The SMILES string of the molecule is CC(C#N)CN(C)C(=O)c1ccnnc1. The number of nitrogens with zero attached hydrogens (tertiary/aromatic N) is 4. The smallest absolute Gasteiger partial charge is 0.255 e. The lowest BCUT2D eigenvalue weighted by molar-refractivity contribution is 0.0784. The van der Waals surface area contributed by atoms with E-state index in [4.69, 9.17) is 5.26 Å². The standard InChI is InChI=1S/C10H12N4O/c1-8(5-11)7-14(2)10(15)9-3-4-12-13-6-9/h3-4,6,8H,7H2,1-2H3. The summed E-state index contributed by atoms with van der Waals surface area (Å²) < 4.78 is 0. The number of aromatic nitrogens is 2. The maximum Gasteiger partial charge on any atom is 0.255 e. The van der Waals surface area contributed by atoms with Crippen LogP contribution in [0.3, 0.4) is 0 Å². The van der Waals surface area contributed by atoms with E-state index in [9.17, 15) is 4.79 Å². The Kier molecular flexibility index (Phi) is 3.75. The zero-order valence-corrected chi connectivity index (χ0v) is 8.71. The molecule has 15 heavy (non-hydrogen) atoms. The Morgan fingerprint density at radius 1 is 1.67 bits per heavy atom. The summed E-state index contributed by atoms with van der Waals surface area (Å²) in [4.78, 5) is 13.2. The molecule has 1 aromatic rings. The van der Waals surface area contributed by atoms with Gasteiger partial charge in [0.05, 0.1) is 29.9 Å². The van der Waals surface area contributed by atoms with E-state index in [0.29, 0.717) is 12.1 Å². The first-order valence-electron chi connectivity index (χ1n) is 4.57. The molecule has 0 saturated carbocycles. The lowest BCUT2D eigenvalue weighted by Gasteiger charge is -2.17. The van der Waals surface area contributed by atoms with E-state index in [2.05, 4.69) is 16.3 Å². The molecule has 0 aliphatic heterocycles. The first-order chi connectivity index (χ1) is 7.15. The molecule has 5 nitrogen and oxygen atoms in total. The zero-order chi connectivity index (χ0) is 11.3. The minimum absolute atomic E-state index is 0.146. The Balaban J connectivity index is 2.66. The number of amides is 1. The molecular formula is C10H12N4O. The van der Waals surface area contributed by atoms with Gasteiger partial charge in [0.2, 0.25) is 0 Å². The number of rotatable bonds is 3. The molecular weight excluding hydrogens is 192 g/mol.